The summed E-state index contributed by atoms with van der Waals surface area (Å²) in [6.45, 7) is 1.60. The number of Topliss-reactive ketones (excluding diaryl/α,β-unsaturated/α-hetero) is 1. The molecular weight excluding hydrogens is 226 g/mol. The third kappa shape index (κ3) is 2.46. The first kappa shape index (κ1) is 11.5. The van der Waals surface area contributed by atoms with Crippen molar-refractivity contribution in [3.63, 3.8) is 0 Å². The van der Waals surface area contributed by atoms with Crippen molar-refractivity contribution in [3.8, 4) is 0 Å². The van der Waals surface area contributed by atoms with E-state index >= 15 is 0 Å². The van der Waals surface area contributed by atoms with Gasteiger partial charge in [-0.1, -0.05) is 30.1 Å². The van der Waals surface area contributed by atoms with Gasteiger partial charge in [0.15, 0.2) is 12.0 Å². The summed E-state index contributed by atoms with van der Waals surface area (Å²) in [6.07, 6.45) is -1.34. The van der Waals surface area contributed by atoms with Crippen LogP contribution in [0.3, 0.4) is 0 Å². The molecule has 0 spiro atoms. The lowest BCUT2D eigenvalue weighted by Crippen LogP contribution is -2.14. The van der Waals surface area contributed by atoms with Gasteiger partial charge in [-0.2, -0.15) is 0 Å². The van der Waals surface area contributed by atoms with Crippen LogP contribution in [0.15, 0.2) is 18.2 Å². The van der Waals surface area contributed by atoms with Crippen LogP contribution in [0.1, 0.15) is 23.7 Å². The third-order valence-corrected chi connectivity index (χ3v) is 2.39. The highest BCUT2D eigenvalue weighted by Gasteiger charge is 2.19. The Kier molecular flexibility index (Phi) is 3.90. The maximum absolute atomic E-state index is 13.1. The molecule has 1 aromatic rings. The third-order valence-electron chi connectivity index (χ3n) is 1.84. The molecule has 0 aliphatic rings. The smallest absolute Gasteiger partial charge is 0.198 e. The first-order chi connectivity index (χ1) is 6.56. The number of benzene rings is 1. The SMILES string of the molecule is CCC(F)C(=O)c1ccc(Cl)cc1Cl. The summed E-state index contributed by atoms with van der Waals surface area (Å²) >= 11 is 11.4. The van der Waals surface area contributed by atoms with Crippen LogP contribution in [0.5, 0.6) is 0 Å². The molecule has 76 valence electrons. The lowest BCUT2D eigenvalue weighted by Gasteiger charge is -2.06. The number of carbonyl (C=O) groups excluding carboxylic acids is 1. The van der Waals surface area contributed by atoms with Crippen LogP contribution in [0, 0.1) is 0 Å². The van der Waals surface area contributed by atoms with Crippen molar-refractivity contribution >= 4 is 29.0 Å². The highest BCUT2D eigenvalue weighted by atomic mass is 35.5. The molecule has 0 aliphatic carbocycles. The van der Waals surface area contributed by atoms with Crippen molar-refractivity contribution in [1.29, 1.82) is 0 Å². The normalized spacial score (nSPS) is 12.6. The quantitative estimate of drug-likeness (QED) is 0.725. The Bertz CT molecular complexity index is 352. The van der Waals surface area contributed by atoms with Gasteiger partial charge >= 0.3 is 0 Å². The van der Waals surface area contributed by atoms with Crippen molar-refractivity contribution in [1.82, 2.24) is 0 Å². The molecule has 1 unspecified atom stereocenters. The van der Waals surface area contributed by atoms with Gasteiger partial charge < -0.3 is 0 Å². The zero-order valence-electron chi connectivity index (χ0n) is 7.56. The fourth-order valence-corrected chi connectivity index (χ4v) is 1.55. The van der Waals surface area contributed by atoms with Gasteiger partial charge in [-0.3, -0.25) is 4.79 Å². The van der Waals surface area contributed by atoms with Gasteiger partial charge in [-0.15, -0.1) is 0 Å². The molecule has 1 nitrogen and oxygen atoms in total. The molecule has 0 saturated heterocycles. The fraction of sp³-hybridized carbons (Fsp3) is 0.300. The minimum absolute atomic E-state index is 0.151. The molecule has 0 N–H and O–H groups in total. The van der Waals surface area contributed by atoms with E-state index < -0.39 is 12.0 Å². The summed E-state index contributed by atoms with van der Waals surface area (Å²) in [5, 5.41) is 0.622. The summed E-state index contributed by atoms with van der Waals surface area (Å²) in [5.41, 5.74) is 0.186. The predicted octanol–water partition coefficient (Wildman–Crippen LogP) is 3.92. The average Bonchev–Trinajstić information content (AvgIpc) is 2.15. The monoisotopic (exact) mass is 234 g/mol. The zero-order chi connectivity index (χ0) is 10.7. The maximum atomic E-state index is 13.1. The molecule has 1 atom stereocenters. The van der Waals surface area contributed by atoms with E-state index in [4.69, 9.17) is 23.2 Å². The van der Waals surface area contributed by atoms with Crippen LogP contribution in [-0.2, 0) is 0 Å². The molecule has 4 heteroatoms. The van der Waals surface area contributed by atoms with E-state index in [1.54, 1.807) is 6.92 Å². The first-order valence-corrected chi connectivity index (χ1v) is 4.95. The molecule has 0 saturated carbocycles. The van der Waals surface area contributed by atoms with Gasteiger partial charge in [0.25, 0.3) is 0 Å². The number of hydrogen-bond acceptors (Lipinski definition) is 1. The van der Waals surface area contributed by atoms with E-state index in [1.807, 2.05) is 0 Å². The second kappa shape index (κ2) is 4.76. The van der Waals surface area contributed by atoms with Gasteiger partial charge in [-0.25, -0.2) is 4.39 Å². The van der Waals surface area contributed by atoms with E-state index in [9.17, 15) is 9.18 Å². The average molecular weight is 235 g/mol. The van der Waals surface area contributed by atoms with Crippen molar-refractivity contribution < 1.29 is 9.18 Å². The number of rotatable bonds is 3. The van der Waals surface area contributed by atoms with E-state index in [2.05, 4.69) is 0 Å². The van der Waals surface area contributed by atoms with E-state index in [1.165, 1.54) is 18.2 Å². The first-order valence-electron chi connectivity index (χ1n) is 4.19. The number of ketones is 1. The predicted molar refractivity (Wildman–Crippen MR) is 56.0 cm³/mol. The van der Waals surface area contributed by atoms with Gasteiger partial charge in [0.2, 0.25) is 0 Å². The molecule has 1 aromatic carbocycles. The summed E-state index contributed by atoms with van der Waals surface area (Å²) in [7, 11) is 0. The second-order valence-electron chi connectivity index (χ2n) is 2.86. The molecule has 0 radical (unpaired) electrons. The maximum Gasteiger partial charge on any atom is 0.198 e. The minimum atomic E-state index is -1.49. The molecule has 1 rings (SSSR count). The Balaban J connectivity index is 3.02. The van der Waals surface area contributed by atoms with E-state index in [0.29, 0.717) is 5.02 Å². The van der Waals surface area contributed by atoms with Crippen molar-refractivity contribution in [2.24, 2.45) is 0 Å². The van der Waals surface area contributed by atoms with Crippen molar-refractivity contribution in [2.45, 2.75) is 19.5 Å². The van der Waals surface area contributed by atoms with Crippen LogP contribution in [0.4, 0.5) is 4.39 Å². The summed E-state index contributed by atoms with van der Waals surface area (Å²) in [6, 6.07) is 4.39. The largest absolute Gasteiger partial charge is 0.291 e. The van der Waals surface area contributed by atoms with Gasteiger partial charge in [0.05, 0.1) is 5.02 Å². The van der Waals surface area contributed by atoms with Crippen LogP contribution in [0.2, 0.25) is 10.0 Å². The Labute approximate surface area is 91.8 Å². The highest BCUT2D eigenvalue weighted by Crippen LogP contribution is 2.23. The molecule has 0 bridgehead atoms. The van der Waals surface area contributed by atoms with Crippen LogP contribution < -0.4 is 0 Å². The second-order valence-corrected chi connectivity index (χ2v) is 3.71. The van der Waals surface area contributed by atoms with Crippen LogP contribution in [-0.4, -0.2) is 12.0 Å². The highest BCUT2D eigenvalue weighted by molar-refractivity contribution is 6.37. The Morgan fingerprint density at radius 1 is 1.50 bits per heavy atom. The lowest BCUT2D eigenvalue weighted by atomic mass is 10.1. The number of hydrogen-bond donors (Lipinski definition) is 0. The molecule has 0 aliphatic heterocycles. The van der Waals surface area contributed by atoms with E-state index in [-0.39, 0.29) is 17.0 Å². The number of alkyl halides is 1. The van der Waals surface area contributed by atoms with Crippen LogP contribution >= 0.6 is 23.2 Å². The Morgan fingerprint density at radius 2 is 2.14 bits per heavy atom. The van der Waals surface area contributed by atoms with Crippen molar-refractivity contribution in [2.75, 3.05) is 0 Å². The van der Waals surface area contributed by atoms with Gasteiger partial charge in [0, 0.05) is 10.6 Å². The summed E-state index contributed by atoms with van der Waals surface area (Å²) in [4.78, 5) is 11.4. The molecule has 0 aromatic heterocycles. The Hall–Kier alpha value is -0.600. The molecule has 0 fully saturated rings. The zero-order valence-corrected chi connectivity index (χ0v) is 9.07. The minimum Gasteiger partial charge on any atom is -0.291 e. The molecular formula is C10H9Cl2FO. The van der Waals surface area contributed by atoms with Gasteiger partial charge in [-0.05, 0) is 24.6 Å². The summed E-state index contributed by atoms with van der Waals surface area (Å²) in [5.74, 6) is -0.589. The molecule has 0 amide bonds. The molecule has 0 heterocycles. The molecule has 14 heavy (non-hydrogen) atoms. The standard InChI is InChI=1S/C10H9Cl2FO/c1-2-9(13)10(14)7-4-3-6(11)5-8(7)12/h3-5,9H,2H2,1H3. The number of carbonyl (C=O) groups is 1. The summed E-state index contributed by atoms with van der Waals surface area (Å²) < 4.78 is 13.1. The van der Waals surface area contributed by atoms with Crippen molar-refractivity contribution in [3.05, 3.63) is 33.8 Å². The number of halogens is 3. The van der Waals surface area contributed by atoms with Crippen LogP contribution in [0.25, 0.3) is 0 Å². The van der Waals surface area contributed by atoms with E-state index in [0.717, 1.165) is 0 Å². The Morgan fingerprint density at radius 3 is 2.64 bits per heavy atom. The fourth-order valence-electron chi connectivity index (χ4n) is 1.04. The lowest BCUT2D eigenvalue weighted by molar-refractivity contribution is 0.0874. The topological polar surface area (TPSA) is 17.1 Å². The van der Waals surface area contributed by atoms with Gasteiger partial charge in [0.1, 0.15) is 0 Å².